The molecule has 88 valence electrons. The fraction of sp³-hybridized carbons (Fsp3) is 0.909. The molecule has 1 aliphatic heterocycles. The van der Waals surface area contributed by atoms with Gasteiger partial charge in [-0.1, -0.05) is 20.3 Å². The van der Waals surface area contributed by atoms with Gasteiger partial charge in [0.15, 0.2) is 0 Å². The monoisotopic (exact) mass is 214 g/mol. The van der Waals surface area contributed by atoms with Gasteiger partial charge in [-0.05, 0) is 6.42 Å². The number of hydrogen-bond donors (Lipinski definition) is 2. The summed E-state index contributed by atoms with van der Waals surface area (Å²) in [7, 11) is 0. The molecule has 0 aliphatic carbocycles. The Morgan fingerprint density at radius 3 is 2.73 bits per heavy atom. The quantitative estimate of drug-likeness (QED) is 0.608. The van der Waals surface area contributed by atoms with E-state index in [1.54, 1.807) is 0 Å². The van der Waals surface area contributed by atoms with Crippen LogP contribution in [0.15, 0.2) is 0 Å². The number of carbonyl (C=O) groups excluding carboxylic acids is 1. The summed E-state index contributed by atoms with van der Waals surface area (Å²) in [5, 5.41) is 6.04. The first-order valence-corrected chi connectivity index (χ1v) is 5.71. The minimum absolute atomic E-state index is 0.0901. The topological polar surface area (TPSA) is 50.4 Å². The van der Waals surface area contributed by atoms with Gasteiger partial charge in [-0.3, -0.25) is 4.79 Å². The molecule has 1 heterocycles. The van der Waals surface area contributed by atoms with E-state index in [0.29, 0.717) is 6.54 Å². The summed E-state index contributed by atoms with van der Waals surface area (Å²) in [5.74, 6) is 0.0901. The molecule has 0 radical (unpaired) electrons. The van der Waals surface area contributed by atoms with E-state index in [9.17, 15) is 4.79 Å². The van der Waals surface area contributed by atoms with E-state index in [1.165, 1.54) is 0 Å². The van der Waals surface area contributed by atoms with Crippen LogP contribution in [0.1, 0.15) is 26.7 Å². The van der Waals surface area contributed by atoms with Crippen molar-refractivity contribution in [1.82, 2.24) is 10.6 Å². The highest BCUT2D eigenvalue weighted by Gasteiger charge is 2.32. The second-order valence-electron chi connectivity index (χ2n) is 4.61. The first kappa shape index (κ1) is 12.5. The van der Waals surface area contributed by atoms with Crippen molar-refractivity contribution in [3.05, 3.63) is 0 Å². The van der Waals surface area contributed by atoms with Crippen LogP contribution in [0.3, 0.4) is 0 Å². The Morgan fingerprint density at radius 1 is 1.47 bits per heavy atom. The maximum atomic E-state index is 11.3. The highest BCUT2D eigenvalue weighted by atomic mass is 16.5. The molecule has 0 bridgehead atoms. The van der Waals surface area contributed by atoms with Crippen LogP contribution >= 0.6 is 0 Å². The number of amides is 1. The zero-order chi connectivity index (χ0) is 11.1. The highest BCUT2D eigenvalue weighted by molar-refractivity contribution is 5.77. The Labute approximate surface area is 91.8 Å². The summed E-state index contributed by atoms with van der Waals surface area (Å²) in [6.07, 6.45) is 2.17. The molecule has 0 spiro atoms. The summed E-state index contributed by atoms with van der Waals surface area (Å²) in [4.78, 5) is 11.3. The second kappa shape index (κ2) is 6.08. The molecule has 1 fully saturated rings. The lowest BCUT2D eigenvalue weighted by atomic mass is 9.89. The average molecular weight is 214 g/mol. The summed E-state index contributed by atoms with van der Waals surface area (Å²) >= 11 is 0. The van der Waals surface area contributed by atoms with E-state index < -0.39 is 0 Å². The fourth-order valence-corrected chi connectivity index (χ4v) is 1.50. The van der Waals surface area contributed by atoms with Crippen LogP contribution in [0.4, 0.5) is 0 Å². The summed E-state index contributed by atoms with van der Waals surface area (Å²) in [5.41, 5.74) is 0.240. The van der Waals surface area contributed by atoms with E-state index in [4.69, 9.17) is 4.74 Å². The maximum absolute atomic E-state index is 11.3. The molecular formula is C11H22N2O2. The summed E-state index contributed by atoms with van der Waals surface area (Å²) < 4.78 is 5.13. The zero-order valence-corrected chi connectivity index (χ0v) is 9.77. The number of rotatable bonds is 7. The number of unbranched alkanes of at least 4 members (excludes halogenated alkanes) is 1. The predicted molar refractivity (Wildman–Crippen MR) is 59.7 cm³/mol. The second-order valence-corrected chi connectivity index (χ2v) is 4.61. The lowest BCUT2D eigenvalue weighted by Gasteiger charge is -2.38. The maximum Gasteiger partial charge on any atom is 0.233 e. The van der Waals surface area contributed by atoms with Gasteiger partial charge in [0.25, 0.3) is 0 Å². The highest BCUT2D eigenvalue weighted by Crippen LogP contribution is 2.24. The van der Waals surface area contributed by atoms with Crippen molar-refractivity contribution in [2.45, 2.75) is 26.7 Å². The van der Waals surface area contributed by atoms with E-state index >= 15 is 0 Å². The molecule has 4 heteroatoms. The summed E-state index contributed by atoms with van der Waals surface area (Å²) in [6.45, 7) is 7.94. The molecule has 0 atom stereocenters. The van der Waals surface area contributed by atoms with Crippen LogP contribution in [-0.4, -0.2) is 38.8 Å². The average Bonchev–Trinajstić information content (AvgIpc) is 2.16. The van der Waals surface area contributed by atoms with Crippen molar-refractivity contribution in [3.63, 3.8) is 0 Å². The number of carbonyl (C=O) groups is 1. The molecule has 0 aromatic carbocycles. The van der Waals surface area contributed by atoms with Gasteiger partial charge < -0.3 is 15.4 Å². The van der Waals surface area contributed by atoms with Crippen LogP contribution in [0, 0.1) is 5.41 Å². The molecule has 1 amide bonds. The first-order chi connectivity index (χ1) is 7.16. The van der Waals surface area contributed by atoms with E-state index in [-0.39, 0.29) is 11.3 Å². The molecule has 1 saturated heterocycles. The van der Waals surface area contributed by atoms with Crippen LogP contribution in [0.25, 0.3) is 0 Å². The lowest BCUT2D eigenvalue weighted by molar-refractivity contribution is -0.121. The molecule has 15 heavy (non-hydrogen) atoms. The minimum atomic E-state index is 0.0901. The van der Waals surface area contributed by atoms with Gasteiger partial charge >= 0.3 is 0 Å². The number of ether oxygens (including phenoxy) is 1. The van der Waals surface area contributed by atoms with Crippen molar-refractivity contribution < 1.29 is 9.53 Å². The van der Waals surface area contributed by atoms with Crippen LogP contribution in [-0.2, 0) is 9.53 Å². The Kier molecular flexibility index (Phi) is 5.05. The van der Waals surface area contributed by atoms with Crippen molar-refractivity contribution in [2.75, 3.05) is 32.8 Å². The molecule has 1 rings (SSSR count). The Balaban J connectivity index is 1.97. The number of nitrogens with one attached hydrogen (secondary N) is 2. The van der Waals surface area contributed by atoms with Crippen LogP contribution < -0.4 is 10.6 Å². The lowest BCUT2D eigenvalue weighted by Crippen LogP contribution is -2.49. The minimum Gasteiger partial charge on any atom is -0.380 e. The van der Waals surface area contributed by atoms with Crippen LogP contribution in [0.2, 0.25) is 0 Å². The van der Waals surface area contributed by atoms with Gasteiger partial charge in [0.2, 0.25) is 5.91 Å². The van der Waals surface area contributed by atoms with Crippen molar-refractivity contribution in [3.8, 4) is 0 Å². The largest absolute Gasteiger partial charge is 0.380 e. The molecule has 0 aromatic heterocycles. The van der Waals surface area contributed by atoms with Gasteiger partial charge in [-0.15, -0.1) is 0 Å². The molecule has 0 aromatic rings. The SMILES string of the molecule is CCCCNC(=O)CNCC1(C)COC1. The van der Waals surface area contributed by atoms with Gasteiger partial charge in [-0.25, -0.2) is 0 Å². The zero-order valence-electron chi connectivity index (χ0n) is 9.77. The third kappa shape index (κ3) is 4.62. The van der Waals surface area contributed by atoms with E-state index in [2.05, 4.69) is 24.5 Å². The van der Waals surface area contributed by atoms with Crippen molar-refractivity contribution >= 4 is 5.91 Å². The van der Waals surface area contributed by atoms with Gasteiger partial charge in [0.05, 0.1) is 19.8 Å². The summed E-state index contributed by atoms with van der Waals surface area (Å²) in [6, 6.07) is 0. The Bertz CT molecular complexity index is 203. The molecule has 0 saturated carbocycles. The van der Waals surface area contributed by atoms with Crippen molar-refractivity contribution in [2.24, 2.45) is 5.41 Å². The first-order valence-electron chi connectivity index (χ1n) is 5.71. The molecule has 1 aliphatic rings. The normalized spacial score (nSPS) is 18.3. The third-order valence-corrected chi connectivity index (χ3v) is 2.59. The third-order valence-electron chi connectivity index (χ3n) is 2.59. The smallest absolute Gasteiger partial charge is 0.233 e. The molecule has 4 nitrogen and oxygen atoms in total. The van der Waals surface area contributed by atoms with Gasteiger partial charge in [-0.2, -0.15) is 0 Å². The molecule has 2 N–H and O–H groups in total. The standard InChI is InChI=1S/C11H22N2O2/c1-3-4-5-13-10(14)6-12-7-11(2)8-15-9-11/h12H,3-9H2,1-2H3,(H,13,14). The van der Waals surface area contributed by atoms with E-state index in [0.717, 1.165) is 39.1 Å². The van der Waals surface area contributed by atoms with Gasteiger partial charge in [0, 0.05) is 18.5 Å². The van der Waals surface area contributed by atoms with E-state index in [1.807, 2.05) is 0 Å². The molecule has 0 unspecified atom stereocenters. The van der Waals surface area contributed by atoms with Gasteiger partial charge in [0.1, 0.15) is 0 Å². The van der Waals surface area contributed by atoms with Crippen molar-refractivity contribution in [1.29, 1.82) is 0 Å². The van der Waals surface area contributed by atoms with Crippen LogP contribution in [0.5, 0.6) is 0 Å². The Morgan fingerprint density at radius 2 is 2.20 bits per heavy atom. The molecular weight excluding hydrogens is 192 g/mol. The predicted octanol–water partition coefficient (Wildman–Crippen LogP) is 0.529. The fourth-order valence-electron chi connectivity index (χ4n) is 1.50. The number of hydrogen-bond acceptors (Lipinski definition) is 3. The Hall–Kier alpha value is -0.610.